The Bertz CT molecular complexity index is 900. The van der Waals surface area contributed by atoms with Crippen molar-refractivity contribution in [1.29, 1.82) is 0 Å². The van der Waals surface area contributed by atoms with Crippen molar-refractivity contribution in [3.05, 3.63) is 51.5 Å². The Balaban J connectivity index is 1.67. The highest BCUT2D eigenvalue weighted by Crippen LogP contribution is 2.28. The van der Waals surface area contributed by atoms with E-state index in [0.717, 1.165) is 22.2 Å². The lowest BCUT2D eigenvalue weighted by Gasteiger charge is -2.11. The standard InChI is InChI=1S/C17H15Cl2N3OS/c1-9-5-10(2)16(12(19)6-9)22-15(23)8-24-17-20-13-4-3-11(18)7-14(13)21-17/h3-7H,8H2,1-2H3,(H,20,21)(H,22,23). The molecule has 0 spiro atoms. The van der Waals surface area contributed by atoms with Crippen LogP contribution < -0.4 is 5.32 Å². The summed E-state index contributed by atoms with van der Waals surface area (Å²) in [5.74, 6) is 0.101. The summed E-state index contributed by atoms with van der Waals surface area (Å²) in [5.41, 5.74) is 4.33. The molecule has 7 heteroatoms. The van der Waals surface area contributed by atoms with Gasteiger partial charge in [-0.05, 0) is 49.2 Å². The number of thioether (sulfide) groups is 1. The minimum Gasteiger partial charge on any atom is -0.333 e. The number of aryl methyl sites for hydroxylation is 2. The number of anilines is 1. The Morgan fingerprint density at radius 3 is 2.79 bits per heavy atom. The molecule has 3 rings (SSSR count). The average Bonchev–Trinajstić information content (AvgIpc) is 2.90. The van der Waals surface area contributed by atoms with Crippen molar-refractivity contribution in [1.82, 2.24) is 9.97 Å². The molecule has 2 N–H and O–H groups in total. The third-order valence-corrected chi connectivity index (χ3v) is 4.86. The van der Waals surface area contributed by atoms with Gasteiger partial charge < -0.3 is 10.3 Å². The fourth-order valence-electron chi connectivity index (χ4n) is 2.41. The van der Waals surface area contributed by atoms with Crippen molar-refractivity contribution >= 4 is 57.6 Å². The fourth-order valence-corrected chi connectivity index (χ4v) is 3.64. The summed E-state index contributed by atoms with van der Waals surface area (Å²) >= 11 is 13.5. The molecule has 1 aromatic heterocycles. The number of imidazole rings is 1. The average molecular weight is 380 g/mol. The lowest BCUT2D eigenvalue weighted by atomic mass is 10.1. The Labute approximate surface area is 153 Å². The number of halogens is 2. The first kappa shape index (κ1) is 17.1. The summed E-state index contributed by atoms with van der Waals surface area (Å²) < 4.78 is 0. The molecule has 1 heterocycles. The molecule has 124 valence electrons. The molecule has 0 unspecified atom stereocenters. The molecule has 0 aliphatic carbocycles. The molecule has 0 bridgehead atoms. The second kappa shape index (κ2) is 7.05. The first-order chi connectivity index (χ1) is 11.4. The number of carbonyl (C=O) groups is 1. The molecule has 0 fully saturated rings. The zero-order chi connectivity index (χ0) is 17.3. The van der Waals surface area contributed by atoms with Gasteiger partial charge in [0.2, 0.25) is 5.91 Å². The van der Waals surface area contributed by atoms with Crippen LogP contribution in [0.1, 0.15) is 11.1 Å². The van der Waals surface area contributed by atoms with Gasteiger partial charge >= 0.3 is 0 Å². The summed E-state index contributed by atoms with van der Waals surface area (Å²) in [6.45, 7) is 3.89. The minimum atomic E-state index is -0.132. The van der Waals surface area contributed by atoms with E-state index in [9.17, 15) is 4.79 Å². The maximum atomic E-state index is 12.2. The summed E-state index contributed by atoms with van der Waals surface area (Å²) in [7, 11) is 0. The van der Waals surface area contributed by atoms with Crippen LogP contribution in [0.5, 0.6) is 0 Å². The van der Waals surface area contributed by atoms with Crippen molar-refractivity contribution < 1.29 is 4.79 Å². The zero-order valence-corrected chi connectivity index (χ0v) is 15.4. The monoisotopic (exact) mass is 379 g/mol. The normalized spacial score (nSPS) is 11.0. The van der Waals surface area contributed by atoms with Crippen LogP contribution in [0.3, 0.4) is 0 Å². The van der Waals surface area contributed by atoms with Gasteiger partial charge in [-0.3, -0.25) is 4.79 Å². The smallest absolute Gasteiger partial charge is 0.234 e. The second-order valence-corrected chi connectivity index (χ2v) is 7.29. The SMILES string of the molecule is Cc1cc(C)c(NC(=O)CSc2nc3ccc(Cl)cc3[nH]2)c(Cl)c1. The number of H-pyrrole nitrogens is 1. The van der Waals surface area contributed by atoms with Crippen LogP contribution in [-0.2, 0) is 4.79 Å². The van der Waals surface area contributed by atoms with Crippen molar-refractivity contribution in [3.8, 4) is 0 Å². The summed E-state index contributed by atoms with van der Waals surface area (Å²) in [6, 6.07) is 9.25. The molecular formula is C17H15Cl2N3OS. The fraction of sp³-hybridized carbons (Fsp3) is 0.176. The van der Waals surface area contributed by atoms with E-state index in [2.05, 4.69) is 15.3 Å². The highest BCUT2D eigenvalue weighted by Gasteiger charge is 2.11. The zero-order valence-electron chi connectivity index (χ0n) is 13.1. The molecule has 0 saturated carbocycles. The number of benzene rings is 2. The van der Waals surface area contributed by atoms with Crippen LogP contribution in [0.2, 0.25) is 10.0 Å². The number of aromatic amines is 1. The van der Waals surface area contributed by atoms with Gasteiger partial charge in [0.15, 0.2) is 5.16 Å². The molecule has 0 atom stereocenters. The first-order valence-corrected chi connectivity index (χ1v) is 9.01. The molecule has 1 amide bonds. The van der Waals surface area contributed by atoms with Gasteiger partial charge in [-0.25, -0.2) is 4.98 Å². The molecule has 4 nitrogen and oxygen atoms in total. The van der Waals surface area contributed by atoms with Crippen LogP contribution in [-0.4, -0.2) is 21.6 Å². The number of nitrogens with zero attached hydrogens (tertiary/aromatic N) is 1. The van der Waals surface area contributed by atoms with E-state index in [0.29, 0.717) is 20.9 Å². The molecule has 3 aromatic rings. The second-order valence-electron chi connectivity index (χ2n) is 5.48. The van der Waals surface area contributed by atoms with Crippen LogP contribution in [0.25, 0.3) is 11.0 Å². The third kappa shape index (κ3) is 3.86. The van der Waals surface area contributed by atoms with Gasteiger partial charge in [-0.15, -0.1) is 0 Å². The Hall–Kier alpha value is -1.69. The van der Waals surface area contributed by atoms with Crippen LogP contribution in [0.4, 0.5) is 5.69 Å². The highest BCUT2D eigenvalue weighted by atomic mass is 35.5. The van der Waals surface area contributed by atoms with E-state index in [4.69, 9.17) is 23.2 Å². The number of amides is 1. The maximum absolute atomic E-state index is 12.2. The number of carbonyl (C=O) groups excluding carboxylic acids is 1. The van der Waals surface area contributed by atoms with Crippen molar-refractivity contribution in [2.75, 3.05) is 11.1 Å². The molecular weight excluding hydrogens is 365 g/mol. The quantitative estimate of drug-likeness (QED) is 0.611. The minimum absolute atomic E-state index is 0.132. The molecule has 2 aromatic carbocycles. The van der Waals surface area contributed by atoms with Gasteiger partial charge in [0.1, 0.15) is 0 Å². The maximum Gasteiger partial charge on any atom is 0.234 e. The molecule has 0 radical (unpaired) electrons. The van der Waals surface area contributed by atoms with Crippen LogP contribution in [0.15, 0.2) is 35.5 Å². The summed E-state index contributed by atoms with van der Waals surface area (Å²) in [5, 5.41) is 4.73. The van der Waals surface area contributed by atoms with Gasteiger partial charge in [-0.1, -0.05) is 41.0 Å². The molecule has 24 heavy (non-hydrogen) atoms. The van der Waals surface area contributed by atoms with Crippen LogP contribution >= 0.6 is 35.0 Å². The number of rotatable bonds is 4. The van der Waals surface area contributed by atoms with E-state index in [1.54, 1.807) is 6.07 Å². The lowest BCUT2D eigenvalue weighted by Crippen LogP contribution is -2.15. The van der Waals surface area contributed by atoms with Gasteiger partial charge in [-0.2, -0.15) is 0 Å². The largest absolute Gasteiger partial charge is 0.333 e. The topological polar surface area (TPSA) is 57.8 Å². The van der Waals surface area contributed by atoms with Crippen LogP contribution in [0, 0.1) is 13.8 Å². The number of fused-ring (bicyclic) bond motifs is 1. The van der Waals surface area contributed by atoms with Crippen molar-refractivity contribution in [2.24, 2.45) is 0 Å². The summed E-state index contributed by atoms with van der Waals surface area (Å²) in [4.78, 5) is 19.8. The molecule has 0 saturated heterocycles. The van der Waals surface area contributed by atoms with Gasteiger partial charge in [0.05, 0.1) is 27.5 Å². The van der Waals surface area contributed by atoms with Gasteiger partial charge in [0.25, 0.3) is 0 Å². The van der Waals surface area contributed by atoms with Crippen molar-refractivity contribution in [3.63, 3.8) is 0 Å². The summed E-state index contributed by atoms with van der Waals surface area (Å²) in [6.07, 6.45) is 0. The predicted molar refractivity (Wildman–Crippen MR) is 101 cm³/mol. The molecule has 0 aliphatic rings. The van der Waals surface area contributed by atoms with E-state index in [1.165, 1.54) is 11.8 Å². The number of aromatic nitrogens is 2. The predicted octanol–water partition coefficient (Wildman–Crippen LogP) is 5.22. The van der Waals surface area contributed by atoms with Crippen molar-refractivity contribution in [2.45, 2.75) is 19.0 Å². The van der Waals surface area contributed by atoms with E-state index < -0.39 is 0 Å². The highest BCUT2D eigenvalue weighted by molar-refractivity contribution is 7.99. The number of hydrogen-bond donors (Lipinski definition) is 2. The van der Waals surface area contributed by atoms with Gasteiger partial charge in [0, 0.05) is 5.02 Å². The third-order valence-electron chi connectivity index (χ3n) is 3.46. The Morgan fingerprint density at radius 1 is 1.25 bits per heavy atom. The first-order valence-electron chi connectivity index (χ1n) is 7.27. The van der Waals surface area contributed by atoms with E-state index >= 15 is 0 Å². The lowest BCUT2D eigenvalue weighted by molar-refractivity contribution is -0.113. The Morgan fingerprint density at radius 2 is 2.04 bits per heavy atom. The van der Waals surface area contributed by atoms with E-state index in [1.807, 2.05) is 38.1 Å². The number of hydrogen-bond acceptors (Lipinski definition) is 3. The molecule has 0 aliphatic heterocycles. The van der Waals surface area contributed by atoms with E-state index in [-0.39, 0.29) is 11.7 Å². The Kier molecular flexibility index (Phi) is 5.04. The number of nitrogens with one attached hydrogen (secondary N) is 2.